The molecular weight excluding hydrogens is 244 g/mol. The van der Waals surface area contributed by atoms with Crippen molar-refractivity contribution in [2.24, 2.45) is 0 Å². The maximum atomic E-state index is 12.1. The molecule has 1 aromatic carbocycles. The van der Waals surface area contributed by atoms with Crippen LogP contribution in [0.5, 0.6) is 0 Å². The van der Waals surface area contributed by atoms with Crippen molar-refractivity contribution in [2.75, 3.05) is 18.0 Å². The van der Waals surface area contributed by atoms with Gasteiger partial charge in [0.2, 0.25) is 0 Å². The highest BCUT2D eigenvalue weighted by molar-refractivity contribution is 5.95. The number of carbonyl (C=O) groups excluding carboxylic acids is 1. The van der Waals surface area contributed by atoms with Crippen molar-refractivity contribution in [1.29, 1.82) is 0 Å². The number of aliphatic carboxylic acids is 1. The number of nitrogens with one attached hydrogen (secondary N) is 1. The van der Waals surface area contributed by atoms with E-state index < -0.39 is 5.97 Å². The lowest BCUT2D eigenvalue weighted by Gasteiger charge is -2.18. The van der Waals surface area contributed by atoms with Crippen LogP contribution in [0.25, 0.3) is 0 Å². The van der Waals surface area contributed by atoms with E-state index in [1.54, 1.807) is 4.90 Å². The Morgan fingerprint density at radius 1 is 1.32 bits per heavy atom. The van der Waals surface area contributed by atoms with Gasteiger partial charge < -0.3 is 10.4 Å². The monoisotopic (exact) mass is 260 g/mol. The Hall–Kier alpha value is -2.04. The highest BCUT2D eigenvalue weighted by atomic mass is 16.4. The number of hydrogen-bond donors (Lipinski definition) is 2. The molecule has 3 rings (SSSR count). The van der Waals surface area contributed by atoms with E-state index in [2.05, 4.69) is 11.4 Å². The number of rotatable bonds is 3. The molecular formula is C14H16N2O3. The van der Waals surface area contributed by atoms with E-state index in [4.69, 9.17) is 5.11 Å². The average Bonchev–Trinajstić information content (AvgIpc) is 3.08. The number of amides is 2. The third-order valence-corrected chi connectivity index (χ3v) is 3.94. The van der Waals surface area contributed by atoms with Gasteiger partial charge in [0.1, 0.15) is 0 Å². The van der Waals surface area contributed by atoms with Crippen molar-refractivity contribution in [3.8, 4) is 0 Å². The van der Waals surface area contributed by atoms with Gasteiger partial charge in [-0.3, -0.25) is 9.69 Å². The number of nitrogens with zero attached hydrogens (tertiary/aromatic N) is 1. The Morgan fingerprint density at radius 3 is 2.74 bits per heavy atom. The van der Waals surface area contributed by atoms with Gasteiger partial charge in [-0.05, 0) is 24.5 Å². The molecule has 5 heteroatoms. The lowest BCUT2D eigenvalue weighted by atomic mass is 9.99. The van der Waals surface area contributed by atoms with E-state index in [0.717, 1.165) is 18.5 Å². The average molecular weight is 260 g/mol. The van der Waals surface area contributed by atoms with Crippen molar-refractivity contribution in [3.05, 3.63) is 29.8 Å². The first-order valence-electron chi connectivity index (χ1n) is 6.49. The van der Waals surface area contributed by atoms with Gasteiger partial charge in [0.05, 0.1) is 6.42 Å². The van der Waals surface area contributed by atoms with Gasteiger partial charge >= 0.3 is 12.0 Å². The molecule has 2 N–H and O–H groups in total. The lowest BCUT2D eigenvalue weighted by Crippen LogP contribution is -2.41. The molecule has 1 spiro atoms. The van der Waals surface area contributed by atoms with Crippen LogP contribution in [-0.4, -0.2) is 30.2 Å². The Morgan fingerprint density at radius 2 is 2.05 bits per heavy atom. The summed E-state index contributed by atoms with van der Waals surface area (Å²) in [6.07, 6.45) is 2.21. The van der Waals surface area contributed by atoms with Crippen LogP contribution in [0.4, 0.5) is 10.5 Å². The summed E-state index contributed by atoms with van der Waals surface area (Å²) in [4.78, 5) is 24.3. The molecule has 0 aromatic heterocycles. The van der Waals surface area contributed by atoms with E-state index in [-0.39, 0.29) is 24.4 Å². The summed E-state index contributed by atoms with van der Waals surface area (Å²) < 4.78 is 0. The summed E-state index contributed by atoms with van der Waals surface area (Å²) in [7, 11) is 0. The second-order valence-corrected chi connectivity index (χ2v) is 5.26. The Balaban J connectivity index is 1.73. The van der Waals surface area contributed by atoms with Crippen LogP contribution in [0.15, 0.2) is 24.3 Å². The Labute approximate surface area is 111 Å². The molecule has 0 radical (unpaired) electrons. The molecule has 5 nitrogen and oxygen atoms in total. The van der Waals surface area contributed by atoms with E-state index >= 15 is 0 Å². The van der Waals surface area contributed by atoms with E-state index in [1.165, 1.54) is 5.56 Å². The summed E-state index contributed by atoms with van der Waals surface area (Å²) in [5.74, 6) is -0.902. The first kappa shape index (κ1) is 12.0. The quantitative estimate of drug-likeness (QED) is 0.869. The van der Waals surface area contributed by atoms with E-state index in [1.807, 2.05) is 18.2 Å². The molecule has 19 heavy (non-hydrogen) atoms. The van der Waals surface area contributed by atoms with Gasteiger partial charge in [-0.25, -0.2) is 4.79 Å². The Bertz CT molecular complexity index is 537. The molecule has 1 saturated carbocycles. The molecule has 1 aliphatic carbocycles. The number of urea groups is 1. The molecule has 1 heterocycles. The summed E-state index contributed by atoms with van der Waals surface area (Å²) in [6.45, 7) is 0.880. The minimum atomic E-state index is -0.902. The van der Waals surface area contributed by atoms with Gasteiger partial charge in [-0.1, -0.05) is 18.2 Å². The molecule has 100 valence electrons. The number of hydrogen-bond acceptors (Lipinski definition) is 2. The third-order valence-electron chi connectivity index (χ3n) is 3.94. The van der Waals surface area contributed by atoms with Gasteiger partial charge in [-0.2, -0.15) is 0 Å². The van der Waals surface area contributed by atoms with Crippen molar-refractivity contribution in [3.63, 3.8) is 0 Å². The zero-order chi connectivity index (χ0) is 13.5. The topological polar surface area (TPSA) is 69.6 Å². The molecule has 1 fully saturated rings. The smallest absolute Gasteiger partial charge is 0.321 e. The molecule has 0 saturated heterocycles. The van der Waals surface area contributed by atoms with Crippen molar-refractivity contribution >= 4 is 17.7 Å². The first-order chi connectivity index (χ1) is 9.12. The summed E-state index contributed by atoms with van der Waals surface area (Å²) in [5.41, 5.74) is 2.39. The fraction of sp³-hybridized carbons (Fsp3) is 0.429. The fourth-order valence-electron chi connectivity index (χ4n) is 2.76. The molecule has 0 atom stereocenters. The van der Waals surface area contributed by atoms with Gasteiger partial charge in [0, 0.05) is 24.2 Å². The SMILES string of the molecule is O=C(O)CCNC(=O)N1CC2(CC2)c2ccccc21. The minimum absolute atomic E-state index is 0.0492. The third kappa shape index (κ3) is 2.05. The number of carboxylic acids is 1. The molecule has 0 bridgehead atoms. The van der Waals surface area contributed by atoms with Gasteiger partial charge in [0.25, 0.3) is 0 Å². The number of fused-ring (bicyclic) bond motifs is 2. The zero-order valence-electron chi connectivity index (χ0n) is 10.6. The normalized spacial score (nSPS) is 18.2. The van der Waals surface area contributed by atoms with Crippen molar-refractivity contribution in [2.45, 2.75) is 24.7 Å². The summed E-state index contributed by atoms with van der Waals surface area (Å²) in [6, 6.07) is 7.78. The van der Waals surface area contributed by atoms with Gasteiger partial charge in [0.15, 0.2) is 0 Å². The van der Waals surface area contributed by atoms with Crippen molar-refractivity contribution in [1.82, 2.24) is 5.32 Å². The molecule has 1 aliphatic heterocycles. The maximum absolute atomic E-state index is 12.1. The predicted molar refractivity (Wildman–Crippen MR) is 70.4 cm³/mol. The minimum Gasteiger partial charge on any atom is -0.481 e. The number of carbonyl (C=O) groups is 2. The zero-order valence-corrected chi connectivity index (χ0v) is 10.6. The number of benzene rings is 1. The lowest BCUT2D eigenvalue weighted by molar-refractivity contribution is -0.136. The molecule has 2 aliphatic rings. The Kier molecular flexibility index (Phi) is 2.69. The summed E-state index contributed by atoms with van der Waals surface area (Å²) >= 11 is 0. The first-order valence-corrected chi connectivity index (χ1v) is 6.49. The van der Waals surface area contributed by atoms with Crippen LogP contribution in [0.2, 0.25) is 0 Å². The van der Waals surface area contributed by atoms with Crippen LogP contribution < -0.4 is 10.2 Å². The fourth-order valence-corrected chi connectivity index (χ4v) is 2.76. The second kappa shape index (κ2) is 4.26. The highest BCUT2D eigenvalue weighted by Gasteiger charge is 2.52. The van der Waals surface area contributed by atoms with Crippen molar-refractivity contribution < 1.29 is 14.7 Å². The molecule has 0 unspecified atom stereocenters. The predicted octanol–water partition coefficient (Wildman–Crippen LogP) is 1.72. The molecule has 1 aromatic rings. The van der Waals surface area contributed by atoms with E-state index in [0.29, 0.717) is 6.54 Å². The van der Waals surface area contributed by atoms with Crippen LogP contribution in [-0.2, 0) is 10.2 Å². The van der Waals surface area contributed by atoms with Crippen LogP contribution in [0, 0.1) is 0 Å². The standard InChI is InChI=1S/C14H16N2O3/c17-12(18)5-8-15-13(19)16-9-14(6-7-14)10-3-1-2-4-11(10)16/h1-4H,5-9H2,(H,15,19)(H,17,18). The van der Waals surface area contributed by atoms with Gasteiger partial charge in [-0.15, -0.1) is 0 Å². The van der Waals surface area contributed by atoms with E-state index in [9.17, 15) is 9.59 Å². The number of anilines is 1. The second-order valence-electron chi connectivity index (χ2n) is 5.26. The maximum Gasteiger partial charge on any atom is 0.321 e. The summed E-state index contributed by atoms with van der Waals surface area (Å²) in [5, 5.41) is 11.2. The highest BCUT2D eigenvalue weighted by Crippen LogP contribution is 2.56. The van der Waals surface area contributed by atoms with Crippen LogP contribution in [0.1, 0.15) is 24.8 Å². The van der Waals surface area contributed by atoms with Crippen LogP contribution >= 0.6 is 0 Å². The number of carboxylic acid groups (broad SMARTS) is 1. The van der Waals surface area contributed by atoms with Crippen LogP contribution in [0.3, 0.4) is 0 Å². The largest absolute Gasteiger partial charge is 0.481 e. The number of para-hydroxylation sites is 1. The molecule has 2 amide bonds.